The van der Waals surface area contributed by atoms with Crippen molar-refractivity contribution in [3.05, 3.63) is 29.8 Å². The molecular formula is C14H19BrO2. The number of hydrogen-bond donors (Lipinski definition) is 0. The first-order chi connectivity index (χ1) is 8.31. The van der Waals surface area contributed by atoms with E-state index in [0.717, 1.165) is 28.8 Å². The Kier molecular flexibility index (Phi) is 6.78. The van der Waals surface area contributed by atoms with Gasteiger partial charge in [0, 0.05) is 5.33 Å². The highest BCUT2D eigenvalue weighted by molar-refractivity contribution is 9.09. The lowest BCUT2D eigenvalue weighted by molar-refractivity contribution is 0.355. The van der Waals surface area contributed by atoms with Crippen LogP contribution in [0.25, 0.3) is 6.08 Å². The quantitative estimate of drug-likeness (QED) is 0.552. The number of benzene rings is 1. The van der Waals surface area contributed by atoms with Gasteiger partial charge in [0.1, 0.15) is 0 Å². The normalized spacial score (nSPS) is 10.8. The minimum Gasteiger partial charge on any atom is -0.493 e. The molecule has 0 amide bonds. The third-order valence-electron chi connectivity index (χ3n) is 2.47. The lowest BCUT2D eigenvalue weighted by Gasteiger charge is -2.07. The summed E-state index contributed by atoms with van der Waals surface area (Å²) in [6.45, 7) is 0. The number of halogens is 1. The Balaban J connectivity index is 2.59. The molecule has 17 heavy (non-hydrogen) atoms. The van der Waals surface area contributed by atoms with Crippen LogP contribution in [0.4, 0.5) is 0 Å². The number of alkyl halides is 1. The van der Waals surface area contributed by atoms with E-state index in [1.54, 1.807) is 14.2 Å². The molecule has 0 radical (unpaired) electrons. The van der Waals surface area contributed by atoms with E-state index in [2.05, 4.69) is 28.1 Å². The fourth-order valence-corrected chi connectivity index (χ4v) is 1.93. The molecule has 1 aromatic carbocycles. The number of ether oxygens (including phenoxy) is 2. The van der Waals surface area contributed by atoms with Crippen LogP contribution in [0.15, 0.2) is 24.3 Å². The van der Waals surface area contributed by atoms with Crippen LogP contribution in [0.1, 0.15) is 24.8 Å². The van der Waals surface area contributed by atoms with E-state index in [4.69, 9.17) is 9.47 Å². The first kappa shape index (κ1) is 14.1. The third-order valence-corrected chi connectivity index (χ3v) is 3.03. The van der Waals surface area contributed by atoms with Crippen molar-refractivity contribution in [1.29, 1.82) is 0 Å². The first-order valence-corrected chi connectivity index (χ1v) is 6.88. The maximum atomic E-state index is 5.26. The second kappa shape index (κ2) is 8.18. The summed E-state index contributed by atoms with van der Waals surface area (Å²) in [5.41, 5.74) is 1.14. The van der Waals surface area contributed by atoms with Gasteiger partial charge >= 0.3 is 0 Å². The van der Waals surface area contributed by atoms with Crippen molar-refractivity contribution in [2.45, 2.75) is 19.3 Å². The lowest BCUT2D eigenvalue weighted by Crippen LogP contribution is -1.90. The van der Waals surface area contributed by atoms with Crippen LogP contribution in [0.3, 0.4) is 0 Å². The Morgan fingerprint density at radius 2 is 1.88 bits per heavy atom. The molecule has 3 heteroatoms. The zero-order valence-electron chi connectivity index (χ0n) is 10.4. The average molecular weight is 299 g/mol. The fraction of sp³-hybridized carbons (Fsp3) is 0.429. The van der Waals surface area contributed by atoms with Gasteiger partial charge in [0.15, 0.2) is 11.5 Å². The highest BCUT2D eigenvalue weighted by atomic mass is 79.9. The van der Waals surface area contributed by atoms with E-state index in [1.165, 1.54) is 12.8 Å². The van der Waals surface area contributed by atoms with Crippen LogP contribution in [0.2, 0.25) is 0 Å². The van der Waals surface area contributed by atoms with Crippen LogP contribution in [0.5, 0.6) is 11.5 Å². The minimum atomic E-state index is 0.768. The molecule has 0 heterocycles. The SMILES string of the molecule is COc1ccc(/C=C/CCCCBr)cc1OC. The zero-order valence-corrected chi connectivity index (χ0v) is 12.0. The third kappa shape index (κ3) is 4.82. The average Bonchev–Trinajstić information content (AvgIpc) is 2.38. The van der Waals surface area contributed by atoms with Crippen molar-refractivity contribution in [1.82, 2.24) is 0 Å². The van der Waals surface area contributed by atoms with Crippen molar-refractivity contribution in [2.24, 2.45) is 0 Å². The minimum absolute atomic E-state index is 0.768. The molecule has 0 aliphatic carbocycles. The Hall–Kier alpha value is -0.960. The van der Waals surface area contributed by atoms with Gasteiger partial charge in [-0.2, -0.15) is 0 Å². The van der Waals surface area contributed by atoms with E-state index in [1.807, 2.05) is 18.2 Å². The maximum Gasteiger partial charge on any atom is 0.161 e. The van der Waals surface area contributed by atoms with Crippen LogP contribution < -0.4 is 9.47 Å². The van der Waals surface area contributed by atoms with E-state index < -0.39 is 0 Å². The van der Waals surface area contributed by atoms with Crippen LogP contribution >= 0.6 is 15.9 Å². The number of hydrogen-bond acceptors (Lipinski definition) is 2. The highest BCUT2D eigenvalue weighted by Gasteiger charge is 2.02. The van der Waals surface area contributed by atoms with E-state index in [9.17, 15) is 0 Å². The molecule has 0 atom stereocenters. The van der Waals surface area contributed by atoms with Crippen LogP contribution in [0, 0.1) is 0 Å². The standard InChI is InChI=1S/C14H19BrO2/c1-16-13-9-8-12(11-14(13)17-2)7-5-3-4-6-10-15/h5,7-9,11H,3-4,6,10H2,1-2H3/b7-5+. The summed E-state index contributed by atoms with van der Waals surface area (Å²) in [7, 11) is 3.30. The van der Waals surface area contributed by atoms with Crippen molar-refractivity contribution in [3.63, 3.8) is 0 Å². The largest absolute Gasteiger partial charge is 0.493 e. The molecule has 0 aromatic heterocycles. The van der Waals surface area contributed by atoms with Crippen molar-refractivity contribution < 1.29 is 9.47 Å². The number of unbranched alkanes of at least 4 members (excludes halogenated alkanes) is 2. The van der Waals surface area contributed by atoms with Gasteiger partial charge in [-0.05, 0) is 37.0 Å². The van der Waals surface area contributed by atoms with E-state index in [-0.39, 0.29) is 0 Å². The van der Waals surface area contributed by atoms with Crippen LogP contribution in [-0.2, 0) is 0 Å². The Morgan fingerprint density at radius 3 is 2.53 bits per heavy atom. The molecule has 94 valence electrons. The van der Waals surface area contributed by atoms with Gasteiger partial charge in [0.2, 0.25) is 0 Å². The lowest BCUT2D eigenvalue weighted by atomic mass is 10.1. The van der Waals surface area contributed by atoms with Crippen molar-refractivity contribution >= 4 is 22.0 Å². The summed E-state index contributed by atoms with van der Waals surface area (Å²) in [5, 5.41) is 1.08. The molecule has 0 saturated carbocycles. The predicted molar refractivity (Wildman–Crippen MR) is 76.2 cm³/mol. The first-order valence-electron chi connectivity index (χ1n) is 5.76. The molecule has 0 saturated heterocycles. The molecule has 0 fully saturated rings. The molecule has 0 N–H and O–H groups in total. The molecule has 1 rings (SSSR count). The van der Waals surface area contributed by atoms with Gasteiger partial charge in [-0.25, -0.2) is 0 Å². The zero-order chi connectivity index (χ0) is 12.5. The second-order valence-corrected chi connectivity index (χ2v) is 4.49. The molecule has 0 aliphatic rings. The summed E-state index contributed by atoms with van der Waals surface area (Å²) in [6.07, 6.45) is 7.87. The fourth-order valence-electron chi connectivity index (χ4n) is 1.53. The van der Waals surface area contributed by atoms with Crippen LogP contribution in [-0.4, -0.2) is 19.5 Å². The van der Waals surface area contributed by atoms with Gasteiger partial charge < -0.3 is 9.47 Å². The second-order valence-electron chi connectivity index (χ2n) is 3.70. The summed E-state index contributed by atoms with van der Waals surface area (Å²) in [5.74, 6) is 1.54. The van der Waals surface area contributed by atoms with Gasteiger partial charge in [0.25, 0.3) is 0 Å². The van der Waals surface area contributed by atoms with Crippen molar-refractivity contribution in [3.8, 4) is 11.5 Å². The number of rotatable bonds is 7. The molecule has 0 aliphatic heterocycles. The molecule has 0 bridgehead atoms. The van der Waals surface area contributed by atoms with E-state index in [0.29, 0.717) is 0 Å². The molecular weight excluding hydrogens is 280 g/mol. The summed E-state index contributed by atoms with van der Waals surface area (Å²) in [4.78, 5) is 0. The summed E-state index contributed by atoms with van der Waals surface area (Å²) < 4.78 is 10.5. The maximum absolute atomic E-state index is 5.26. The van der Waals surface area contributed by atoms with Gasteiger partial charge in [-0.3, -0.25) is 0 Å². The highest BCUT2D eigenvalue weighted by Crippen LogP contribution is 2.28. The molecule has 0 unspecified atom stereocenters. The molecule has 0 spiro atoms. The number of allylic oxidation sites excluding steroid dienone is 1. The van der Waals surface area contributed by atoms with Crippen molar-refractivity contribution in [2.75, 3.05) is 19.5 Å². The van der Waals surface area contributed by atoms with E-state index >= 15 is 0 Å². The van der Waals surface area contributed by atoms with Gasteiger partial charge in [-0.1, -0.05) is 34.1 Å². The van der Waals surface area contributed by atoms with Gasteiger partial charge in [0.05, 0.1) is 14.2 Å². The Bertz CT molecular complexity index is 361. The molecule has 1 aromatic rings. The van der Waals surface area contributed by atoms with Gasteiger partial charge in [-0.15, -0.1) is 0 Å². The summed E-state index contributed by atoms with van der Waals surface area (Å²) >= 11 is 3.43. The number of methoxy groups -OCH3 is 2. The smallest absolute Gasteiger partial charge is 0.161 e. The Labute approximate surface area is 112 Å². The summed E-state index contributed by atoms with van der Waals surface area (Å²) in [6, 6.07) is 5.94. The predicted octanol–water partition coefficient (Wildman–Crippen LogP) is 4.28. The monoisotopic (exact) mass is 298 g/mol. The Morgan fingerprint density at radius 1 is 1.12 bits per heavy atom. The topological polar surface area (TPSA) is 18.5 Å². The molecule has 2 nitrogen and oxygen atoms in total.